The SMILES string of the molecule is Cc1ncc(NC(=O)c2ccnc(C(C)(F)F)c2)cc1-c1cc(N2CCOCC2)c(OC2CCOCC2)nn1. The number of aromatic nitrogens is 4. The molecule has 206 valence electrons. The average Bonchev–Trinajstić information content (AvgIpc) is 2.95. The maximum absolute atomic E-state index is 13.7. The van der Waals surface area contributed by atoms with Crippen molar-refractivity contribution in [2.75, 3.05) is 49.7 Å². The Bertz CT molecular complexity index is 1320. The van der Waals surface area contributed by atoms with E-state index >= 15 is 0 Å². The van der Waals surface area contributed by atoms with E-state index < -0.39 is 17.5 Å². The number of aryl methyl sites for hydroxylation is 1. The van der Waals surface area contributed by atoms with Crippen molar-refractivity contribution in [1.82, 2.24) is 20.2 Å². The molecule has 5 heterocycles. The van der Waals surface area contributed by atoms with Gasteiger partial charge in [-0.1, -0.05) is 0 Å². The highest BCUT2D eigenvalue weighted by atomic mass is 19.3. The minimum atomic E-state index is -3.16. The lowest BCUT2D eigenvalue weighted by Gasteiger charge is -2.31. The monoisotopic (exact) mass is 540 g/mol. The molecule has 1 N–H and O–H groups in total. The number of hydrogen-bond acceptors (Lipinski definition) is 9. The molecular weight excluding hydrogens is 510 g/mol. The Kier molecular flexibility index (Phi) is 7.94. The van der Waals surface area contributed by atoms with Gasteiger partial charge in [-0.05, 0) is 31.2 Å². The third-order valence-electron chi connectivity index (χ3n) is 6.63. The van der Waals surface area contributed by atoms with Gasteiger partial charge in [-0.2, -0.15) is 8.78 Å². The van der Waals surface area contributed by atoms with Crippen molar-refractivity contribution in [2.45, 2.75) is 38.7 Å². The molecule has 0 aliphatic carbocycles. The first-order chi connectivity index (χ1) is 18.8. The van der Waals surface area contributed by atoms with E-state index in [0.717, 1.165) is 31.5 Å². The van der Waals surface area contributed by atoms with E-state index in [2.05, 4.69) is 30.4 Å². The minimum Gasteiger partial charge on any atom is -0.472 e. The van der Waals surface area contributed by atoms with Crippen molar-refractivity contribution in [2.24, 2.45) is 0 Å². The highest BCUT2D eigenvalue weighted by Gasteiger charge is 2.27. The quantitative estimate of drug-likeness (QED) is 0.475. The van der Waals surface area contributed by atoms with Gasteiger partial charge in [0, 0.05) is 55.9 Å². The molecule has 0 radical (unpaired) electrons. The fraction of sp³-hybridized carbons (Fsp3) is 0.444. The fourth-order valence-corrected chi connectivity index (χ4v) is 4.44. The number of carbonyl (C=O) groups excluding carboxylic acids is 1. The first-order valence-electron chi connectivity index (χ1n) is 12.9. The van der Waals surface area contributed by atoms with Gasteiger partial charge in [0.25, 0.3) is 17.7 Å². The standard InChI is InChI=1S/C27H30F2N6O4/c1-17-21(14-19(16-31-17)32-25(36)18-3-6-30-24(13-18)27(2,28)29)22-15-23(35-7-11-38-12-8-35)26(34-33-22)39-20-4-9-37-10-5-20/h3,6,13-16,20H,4-5,7-12H2,1-2H3,(H,32,36). The lowest BCUT2D eigenvalue weighted by molar-refractivity contribution is 0.0127. The summed E-state index contributed by atoms with van der Waals surface area (Å²) in [5.41, 5.74) is 2.70. The van der Waals surface area contributed by atoms with Crippen LogP contribution in [0, 0.1) is 6.92 Å². The molecule has 2 fully saturated rings. The highest BCUT2D eigenvalue weighted by molar-refractivity contribution is 6.04. The second kappa shape index (κ2) is 11.5. The molecule has 0 unspecified atom stereocenters. The summed E-state index contributed by atoms with van der Waals surface area (Å²) < 4.78 is 44.6. The van der Waals surface area contributed by atoms with E-state index in [-0.39, 0.29) is 11.7 Å². The van der Waals surface area contributed by atoms with Crippen LogP contribution in [0.15, 0.2) is 36.7 Å². The number of halogens is 2. The van der Waals surface area contributed by atoms with Gasteiger partial charge in [0.05, 0.1) is 44.0 Å². The number of morpholine rings is 1. The van der Waals surface area contributed by atoms with Crippen LogP contribution in [-0.4, -0.2) is 71.7 Å². The molecule has 0 saturated carbocycles. The van der Waals surface area contributed by atoms with Crippen molar-refractivity contribution in [1.29, 1.82) is 0 Å². The summed E-state index contributed by atoms with van der Waals surface area (Å²) in [6.45, 7) is 6.43. The van der Waals surface area contributed by atoms with Crippen molar-refractivity contribution in [3.8, 4) is 17.1 Å². The van der Waals surface area contributed by atoms with Gasteiger partial charge in [0.15, 0.2) is 0 Å². The highest BCUT2D eigenvalue weighted by Crippen LogP contribution is 2.33. The van der Waals surface area contributed by atoms with E-state index in [4.69, 9.17) is 14.2 Å². The number of alkyl halides is 2. The number of hydrogen-bond donors (Lipinski definition) is 1. The van der Waals surface area contributed by atoms with Crippen molar-refractivity contribution in [3.63, 3.8) is 0 Å². The number of carbonyl (C=O) groups is 1. The maximum atomic E-state index is 13.7. The fourth-order valence-electron chi connectivity index (χ4n) is 4.44. The predicted molar refractivity (Wildman–Crippen MR) is 139 cm³/mol. The number of pyridine rings is 2. The van der Waals surface area contributed by atoms with E-state index in [1.54, 1.807) is 6.07 Å². The van der Waals surface area contributed by atoms with Gasteiger partial charge in [0.1, 0.15) is 17.5 Å². The summed E-state index contributed by atoms with van der Waals surface area (Å²) in [5.74, 6) is -3.25. The number of nitrogens with one attached hydrogen (secondary N) is 1. The van der Waals surface area contributed by atoms with Crippen molar-refractivity contribution in [3.05, 3.63) is 53.6 Å². The Labute approximate surface area is 224 Å². The van der Waals surface area contributed by atoms with Gasteiger partial charge >= 0.3 is 0 Å². The zero-order valence-corrected chi connectivity index (χ0v) is 21.8. The summed E-state index contributed by atoms with van der Waals surface area (Å²) >= 11 is 0. The third-order valence-corrected chi connectivity index (χ3v) is 6.63. The maximum Gasteiger partial charge on any atom is 0.286 e. The molecule has 1 amide bonds. The van der Waals surface area contributed by atoms with Crippen molar-refractivity contribution >= 4 is 17.3 Å². The molecular formula is C27H30F2N6O4. The van der Waals surface area contributed by atoms with Crippen LogP contribution in [0.1, 0.15) is 41.5 Å². The number of amides is 1. The van der Waals surface area contributed by atoms with Crippen LogP contribution < -0.4 is 15.0 Å². The Morgan fingerprint density at radius 1 is 1.08 bits per heavy atom. The van der Waals surface area contributed by atoms with E-state index in [1.165, 1.54) is 18.5 Å². The summed E-state index contributed by atoms with van der Waals surface area (Å²) in [6.07, 6.45) is 4.26. The first-order valence-corrected chi connectivity index (χ1v) is 12.9. The number of ether oxygens (including phenoxy) is 3. The van der Waals surface area contributed by atoms with Gasteiger partial charge in [-0.25, -0.2) is 0 Å². The molecule has 12 heteroatoms. The molecule has 3 aromatic heterocycles. The molecule has 2 aliphatic rings. The Morgan fingerprint density at radius 3 is 2.56 bits per heavy atom. The number of anilines is 2. The lowest BCUT2D eigenvalue weighted by Crippen LogP contribution is -2.37. The molecule has 0 atom stereocenters. The van der Waals surface area contributed by atoms with Crippen LogP contribution in [-0.2, 0) is 15.4 Å². The third kappa shape index (κ3) is 6.45. The summed E-state index contributed by atoms with van der Waals surface area (Å²) in [5, 5.41) is 11.6. The topological polar surface area (TPSA) is 112 Å². The van der Waals surface area contributed by atoms with E-state index in [1.807, 2.05) is 13.0 Å². The molecule has 39 heavy (non-hydrogen) atoms. The van der Waals surface area contributed by atoms with Crippen LogP contribution >= 0.6 is 0 Å². The molecule has 5 rings (SSSR count). The van der Waals surface area contributed by atoms with Crippen LogP contribution in [0.3, 0.4) is 0 Å². The summed E-state index contributed by atoms with van der Waals surface area (Å²) in [7, 11) is 0. The van der Waals surface area contributed by atoms with Crippen LogP contribution in [0.25, 0.3) is 11.3 Å². The Balaban J connectivity index is 1.42. The zero-order valence-electron chi connectivity index (χ0n) is 21.8. The Morgan fingerprint density at radius 2 is 1.82 bits per heavy atom. The largest absolute Gasteiger partial charge is 0.472 e. The van der Waals surface area contributed by atoms with Gasteiger partial charge in [-0.3, -0.25) is 14.8 Å². The van der Waals surface area contributed by atoms with Gasteiger partial charge in [-0.15, -0.1) is 10.2 Å². The molecule has 0 spiro atoms. The van der Waals surface area contributed by atoms with Crippen LogP contribution in [0.5, 0.6) is 5.88 Å². The molecule has 0 bridgehead atoms. The first kappa shape index (κ1) is 26.8. The van der Waals surface area contributed by atoms with Crippen LogP contribution in [0.4, 0.5) is 20.2 Å². The van der Waals surface area contributed by atoms with Gasteiger partial charge < -0.3 is 24.4 Å². The smallest absolute Gasteiger partial charge is 0.286 e. The molecule has 3 aromatic rings. The number of rotatable bonds is 7. The van der Waals surface area contributed by atoms with E-state index in [9.17, 15) is 13.6 Å². The molecule has 10 nitrogen and oxygen atoms in total. The Hall–Kier alpha value is -3.77. The summed E-state index contributed by atoms with van der Waals surface area (Å²) in [4.78, 5) is 23.1. The lowest BCUT2D eigenvalue weighted by atomic mass is 10.1. The van der Waals surface area contributed by atoms with E-state index in [0.29, 0.717) is 68.0 Å². The number of nitrogens with zero attached hydrogens (tertiary/aromatic N) is 5. The van der Waals surface area contributed by atoms with Crippen molar-refractivity contribution < 1.29 is 27.8 Å². The molecule has 2 saturated heterocycles. The van der Waals surface area contributed by atoms with Gasteiger partial charge in [0.2, 0.25) is 0 Å². The average molecular weight is 541 g/mol. The second-order valence-electron chi connectivity index (χ2n) is 9.58. The molecule has 2 aliphatic heterocycles. The zero-order chi connectivity index (χ0) is 27.4. The van der Waals surface area contributed by atoms with Crippen LogP contribution in [0.2, 0.25) is 0 Å². The minimum absolute atomic E-state index is 0.00185. The predicted octanol–water partition coefficient (Wildman–Crippen LogP) is 4.00. The molecule has 0 aromatic carbocycles. The second-order valence-corrected chi connectivity index (χ2v) is 9.58. The summed E-state index contributed by atoms with van der Waals surface area (Å²) in [6, 6.07) is 6.11. The normalized spacial score (nSPS) is 16.7.